The van der Waals surface area contributed by atoms with E-state index >= 15 is 0 Å². The van der Waals surface area contributed by atoms with Crippen molar-refractivity contribution in [2.75, 3.05) is 0 Å². The van der Waals surface area contributed by atoms with E-state index in [4.69, 9.17) is 0 Å². The molecule has 0 saturated carbocycles. The van der Waals surface area contributed by atoms with Crippen LogP contribution in [0.4, 0.5) is 0 Å². The van der Waals surface area contributed by atoms with Crippen LogP contribution in [0.15, 0.2) is 36.5 Å². The molecule has 0 aliphatic heterocycles. The van der Waals surface area contributed by atoms with Crippen LogP contribution < -0.4 is 10.4 Å². The Labute approximate surface area is 149 Å². The zero-order chi connectivity index (χ0) is 17.7. The Bertz CT molecular complexity index is 576. The molecule has 3 heteroatoms. The van der Waals surface area contributed by atoms with Gasteiger partial charge in [0.15, 0.2) is 0 Å². The van der Waals surface area contributed by atoms with Gasteiger partial charge in [0, 0.05) is 0 Å². The SMILES string of the molecule is C=C[Si](C)(C)c1ccc([Si](C)(C)C#[C][Ge]([CH2]C)([CH2]C)[CH2]C)cc1. The number of hydrogen-bond acceptors (Lipinski definition) is 0. The normalized spacial score (nSPS) is 12.5. The van der Waals surface area contributed by atoms with E-state index in [9.17, 15) is 0 Å². The Morgan fingerprint density at radius 1 is 0.913 bits per heavy atom. The molecule has 0 saturated heterocycles. The van der Waals surface area contributed by atoms with Gasteiger partial charge in [-0.05, 0) is 0 Å². The van der Waals surface area contributed by atoms with E-state index in [0.29, 0.717) is 0 Å². The van der Waals surface area contributed by atoms with Crippen molar-refractivity contribution in [1.82, 2.24) is 0 Å². The van der Waals surface area contributed by atoms with Gasteiger partial charge in [0.2, 0.25) is 0 Å². The monoisotopic (exact) mass is 404 g/mol. The molecule has 0 bridgehead atoms. The van der Waals surface area contributed by atoms with Crippen LogP contribution in [-0.4, -0.2) is 29.4 Å². The third kappa shape index (κ3) is 4.98. The maximum absolute atomic E-state index is 4.02. The van der Waals surface area contributed by atoms with Crippen LogP contribution in [0, 0.1) is 10.3 Å². The Balaban J connectivity index is 3.13. The van der Waals surface area contributed by atoms with E-state index in [0.717, 1.165) is 0 Å². The minimum atomic E-state index is -1.88. The van der Waals surface area contributed by atoms with Crippen molar-refractivity contribution in [2.24, 2.45) is 0 Å². The Morgan fingerprint density at radius 3 is 1.74 bits per heavy atom. The second-order valence-corrected chi connectivity index (χ2v) is 26.6. The van der Waals surface area contributed by atoms with Crippen LogP contribution in [0.25, 0.3) is 0 Å². The topological polar surface area (TPSA) is 0 Å². The molecule has 0 radical (unpaired) electrons. The summed E-state index contributed by atoms with van der Waals surface area (Å²) in [6, 6.07) is 9.33. The molecule has 0 atom stereocenters. The van der Waals surface area contributed by atoms with Crippen molar-refractivity contribution in [1.29, 1.82) is 0 Å². The Morgan fingerprint density at radius 2 is 1.35 bits per heavy atom. The fraction of sp³-hybridized carbons (Fsp3) is 0.500. The van der Waals surface area contributed by atoms with E-state index in [1.54, 1.807) is 0 Å². The zero-order valence-corrected chi connectivity index (χ0v) is 20.3. The van der Waals surface area contributed by atoms with Crippen molar-refractivity contribution < 1.29 is 0 Å². The minimum absolute atomic E-state index is 1.34. The molecule has 0 spiro atoms. The first-order valence-corrected chi connectivity index (χ1v) is 20.5. The summed E-state index contributed by atoms with van der Waals surface area (Å²) >= 11 is -1.88. The predicted molar refractivity (Wildman–Crippen MR) is 116 cm³/mol. The Kier molecular flexibility index (Phi) is 7.19. The first-order chi connectivity index (χ1) is 10.7. The van der Waals surface area contributed by atoms with E-state index in [2.05, 4.69) is 93.8 Å². The van der Waals surface area contributed by atoms with Gasteiger partial charge in [-0.15, -0.1) is 0 Å². The molecule has 0 fully saturated rings. The van der Waals surface area contributed by atoms with Gasteiger partial charge in [-0.3, -0.25) is 0 Å². The zero-order valence-electron chi connectivity index (χ0n) is 16.2. The Hall–Kier alpha value is -0.503. The summed E-state index contributed by atoms with van der Waals surface area (Å²) in [5.74, 6) is 0. The second kappa shape index (κ2) is 8.05. The van der Waals surface area contributed by atoms with Crippen LogP contribution in [0.1, 0.15) is 20.8 Å². The first kappa shape index (κ1) is 20.5. The van der Waals surface area contributed by atoms with E-state index in [-0.39, 0.29) is 0 Å². The standard InChI is InChI=1S/C20H34GeSi2/c1-9-21(10-2,11-3)17-18-23(7,8)20-15-13-19(14-16-20)22(5,6)12-4/h12-16H,4,9-11H2,1-3,5-8H3. The fourth-order valence-electron chi connectivity index (χ4n) is 2.81. The second-order valence-electron chi connectivity index (χ2n) is 7.72. The van der Waals surface area contributed by atoms with E-state index in [1.165, 1.54) is 26.1 Å². The van der Waals surface area contributed by atoms with Gasteiger partial charge in [0.05, 0.1) is 0 Å². The molecule has 1 aromatic rings. The maximum atomic E-state index is 4.02. The molecular formula is C20H34GeSi2. The number of rotatable bonds is 6. The summed E-state index contributed by atoms with van der Waals surface area (Å²) in [5, 5.41) is 6.95. The van der Waals surface area contributed by atoms with Gasteiger partial charge < -0.3 is 0 Å². The molecule has 1 rings (SSSR count). The van der Waals surface area contributed by atoms with Gasteiger partial charge in [0.1, 0.15) is 0 Å². The third-order valence-electron chi connectivity index (χ3n) is 5.53. The van der Waals surface area contributed by atoms with Gasteiger partial charge in [-0.2, -0.15) is 0 Å². The third-order valence-corrected chi connectivity index (χ3v) is 21.3. The first-order valence-electron chi connectivity index (χ1n) is 8.95. The van der Waals surface area contributed by atoms with Gasteiger partial charge in [-0.1, -0.05) is 0 Å². The molecular weight excluding hydrogens is 369 g/mol. The quantitative estimate of drug-likeness (QED) is 0.472. The van der Waals surface area contributed by atoms with Crippen LogP contribution >= 0.6 is 0 Å². The molecule has 0 N–H and O–H groups in total. The van der Waals surface area contributed by atoms with Crippen molar-refractivity contribution in [3.8, 4) is 10.3 Å². The number of benzene rings is 1. The molecule has 0 unspecified atom stereocenters. The molecule has 0 heterocycles. The molecule has 0 aliphatic rings. The van der Waals surface area contributed by atoms with E-state index < -0.39 is 29.4 Å². The summed E-state index contributed by atoms with van der Waals surface area (Å²) < 4.78 is 3.87. The van der Waals surface area contributed by atoms with Crippen LogP contribution in [0.3, 0.4) is 0 Å². The molecule has 0 aromatic heterocycles. The van der Waals surface area contributed by atoms with Crippen LogP contribution in [0.2, 0.25) is 41.9 Å². The van der Waals surface area contributed by atoms with Gasteiger partial charge in [-0.25, -0.2) is 0 Å². The van der Waals surface area contributed by atoms with Crippen molar-refractivity contribution in [3.05, 3.63) is 36.5 Å². The predicted octanol–water partition coefficient (Wildman–Crippen LogP) is 4.83. The molecule has 1 aromatic carbocycles. The fourth-order valence-corrected chi connectivity index (χ4v) is 13.7. The number of hydrogen-bond donors (Lipinski definition) is 0. The van der Waals surface area contributed by atoms with Gasteiger partial charge >= 0.3 is 149 Å². The summed E-state index contributed by atoms with van der Waals surface area (Å²) in [7, 11) is -3.10. The molecule has 0 aliphatic carbocycles. The van der Waals surface area contributed by atoms with Gasteiger partial charge in [0.25, 0.3) is 0 Å². The molecule has 0 nitrogen and oxygen atoms in total. The summed E-state index contributed by atoms with van der Waals surface area (Å²) in [4.78, 5) is 0. The van der Waals surface area contributed by atoms with Crippen LogP contribution in [-0.2, 0) is 0 Å². The van der Waals surface area contributed by atoms with E-state index in [1.807, 2.05) is 0 Å². The molecule has 23 heavy (non-hydrogen) atoms. The summed E-state index contributed by atoms with van der Waals surface area (Å²) in [6.45, 7) is 20.6. The summed E-state index contributed by atoms with van der Waals surface area (Å²) in [5.41, 5.74) is 5.97. The summed E-state index contributed by atoms with van der Waals surface area (Å²) in [6.07, 6.45) is 0. The molecule has 0 amide bonds. The van der Waals surface area contributed by atoms with Crippen molar-refractivity contribution in [2.45, 2.75) is 62.7 Å². The van der Waals surface area contributed by atoms with Crippen molar-refractivity contribution >= 4 is 39.8 Å². The molecule has 126 valence electrons. The average Bonchev–Trinajstić information content (AvgIpc) is 2.57. The van der Waals surface area contributed by atoms with Crippen LogP contribution in [0.5, 0.6) is 0 Å². The average molecular weight is 403 g/mol. The van der Waals surface area contributed by atoms with Crippen molar-refractivity contribution in [3.63, 3.8) is 0 Å².